The normalized spacial score (nSPS) is 27.4. The molecule has 0 aliphatic carbocycles. The third kappa shape index (κ3) is 2.66. The van der Waals surface area contributed by atoms with Crippen molar-refractivity contribution in [2.24, 2.45) is 0 Å². The lowest BCUT2D eigenvalue weighted by Gasteiger charge is -2.35. The average Bonchev–Trinajstić information content (AvgIpc) is 2.70. The third-order valence-electron chi connectivity index (χ3n) is 4.18. The number of benzene rings is 1. The standard InChI is InChI=1S/C16H23NO2/c1-4-8-15(18)19-16(11-12-17(3)13(16)2)14-9-6-5-7-10-14/h5-7,9-10,13H,4,8,11-12H2,1-3H3/t13-,16-/m1/s1. The van der Waals surface area contributed by atoms with Gasteiger partial charge in [-0.25, -0.2) is 0 Å². The zero-order chi connectivity index (χ0) is 13.9. The number of ether oxygens (including phenoxy) is 1. The Kier molecular flexibility index (Phi) is 4.25. The summed E-state index contributed by atoms with van der Waals surface area (Å²) in [5, 5.41) is 0. The van der Waals surface area contributed by atoms with Gasteiger partial charge in [-0.3, -0.25) is 9.69 Å². The fraction of sp³-hybridized carbons (Fsp3) is 0.562. The quantitative estimate of drug-likeness (QED) is 0.780. The number of esters is 1. The van der Waals surface area contributed by atoms with Gasteiger partial charge in [0, 0.05) is 19.4 Å². The van der Waals surface area contributed by atoms with Crippen LogP contribution in [0, 0.1) is 0 Å². The number of likely N-dealkylation sites (N-methyl/N-ethyl adjacent to an activating group) is 1. The van der Waals surface area contributed by atoms with Crippen LogP contribution in [-0.2, 0) is 15.1 Å². The zero-order valence-corrected chi connectivity index (χ0v) is 12.1. The summed E-state index contributed by atoms with van der Waals surface area (Å²) in [5.41, 5.74) is 0.624. The molecule has 0 unspecified atom stereocenters. The molecular formula is C16H23NO2. The Labute approximate surface area is 115 Å². The van der Waals surface area contributed by atoms with Gasteiger partial charge in [0.1, 0.15) is 0 Å². The summed E-state index contributed by atoms with van der Waals surface area (Å²) in [4.78, 5) is 14.2. The molecule has 3 nitrogen and oxygen atoms in total. The fourth-order valence-corrected chi connectivity index (χ4v) is 2.86. The molecule has 2 atom stereocenters. The van der Waals surface area contributed by atoms with Crippen molar-refractivity contribution in [3.63, 3.8) is 0 Å². The summed E-state index contributed by atoms with van der Waals surface area (Å²) in [6.45, 7) is 5.09. The van der Waals surface area contributed by atoms with Crippen LogP contribution >= 0.6 is 0 Å². The monoisotopic (exact) mass is 261 g/mol. The molecule has 2 rings (SSSR count). The Morgan fingerprint density at radius 3 is 2.63 bits per heavy atom. The van der Waals surface area contributed by atoms with E-state index in [4.69, 9.17) is 4.74 Å². The van der Waals surface area contributed by atoms with Crippen molar-refractivity contribution in [1.29, 1.82) is 0 Å². The number of likely N-dealkylation sites (tertiary alicyclic amines) is 1. The van der Waals surface area contributed by atoms with E-state index < -0.39 is 5.60 Å². The molecule has 19 heavy (non-hydrogen) atoms. The highest BCUT2D eigenvalue weighted by Crippen LogP contribution is 2.40. The molecule has 0 N–H and O–H groups in total. The smallest absolute Gasteiger partial charge is 0.306 e. The largest absolute Gasteiger partial charge is 0.452 e. The van der Waals surface area contributed by atoms with Crippen molar-refractivity contribution in [3.05, 3.63) is 35.9 Å². The zero-order valence-electron chi connectivity index (χ0n) is 12.1. The van der Waals surface area contributed by atoms with Crippen molar-refractivity contribution >= 4 is 5.97 Å². The van der Waals surface area contributed by atoms with Gasteiger partial charge in [0.2, 0.25) is 0 Å². The molecule has 1 aromatic rings. The molecule has 1 aliphatic rings. The van der Waals surface area contributed by atoms with Crippen LogP contribution in [0.15, 0.2) is 30.3 Å². The number of rotatable bonds is 4. The molecule has 1 saturated heterocycles. The van der Waals surface area contributed by atoms with Gasteiger partial charge >= 0.3 is 5.97 Å². The first-order valence-corrected chi connectivity index (χ1v) is 7.07. The van der Waals surface area contributed by atoms with E-state index in [0.717, 1.165) is 24.9 Å². The summed E-state index contributed by atoms with van der Waals surface area (Å²) in [6, 6.07) is 10.3. The predicted molar refractivity (Wildman–Crippen MR) is 75.8 cm³/mol. The minimum Gasteiger partial charge on any atom is -0.452 e. The van der Waals surface area contributed by atoms with Gasteiger partial charge < -0.3 is 4.74 Å². The molecule has 1 aromatic carbocycles. The van der Waals surface area contributed by atoms with Crippen LogP contribution in [-0.4, -0.2) is 30.5 Å². The average molecular weight is 261 g/mol. The Morgan fingerprint density at radius 2 is 2.11 bits per heavy atom. The highest BCUT2D eigenvalue weighted by atomic mass is 16.6. The van der Waals surface area contributed by atoms with Crippen molar-refractivity contribution in [2.75, 3.05) is 13.6 Å². The molecule has 0 saturated carbocycles. The van der Waals surface area contributed by atoms with Gasteiger partial charge in [-0.1, -0.05) is 37.3 Å². The maximum absolute atomic E-state index is 12.0. The summed E-state index contributed by atoms with van der Waals surface area (Å²) >= 11 is 0. The van der Waals surface area contributed by atoms with Crippen molar-refractivity contribution in [2.45, 2.75) is 44.8 Å². The number of nitrogens with zero attached hydrogens (tertiary/aromatic N) is 1. The highest BCUT2D eigenvalue weighted by Gasteiger charge is 2.48. The number of carbonyl (C=O) groups excluding carboxylic acids is 1. The predicted octanol–water partition coefficient (Wildman–Crippen LogP) is 2.95. The number of hydrogen-bond donors (Lipinski definition) is 0. The maximum Gasteiger partial charge on any atom is 0.306 e. The molecule has 0 radical (unpaired) electrons. The summed E-state index contributed by atoms with van der Waals surface area (Å²) in [6.07, 6.45) is 2.18. The van der Waals surface area contributed by atoms with Gasteiger partial charge in [0.05, 0.1) is 6.04 Å². The lowest BCUT2D eigenvalue weighted by molar-refractivity contribution is -0.163. The highest BCUT2D eigenvalue weighted by molar-refractivity contribution is 5.70. The third-order valence-corrected chi connectivity index (χ3v) is 4.18. The molecule has 0 bridgehead atoms. The second-order valence-electron chi connectivity index (χ2n) is 5.39. The molecule has 0 amide bonds. The lowest BCUT2D eigenvalue weighted by Crippen LogP contribution is -2.42. The topological polar surface area (TPSA) is 29.5 Å². The van der Waals surface area contributed by atoms with Crippen LogP contribution in [0.3, 0.4) is 0 Å². The Balaban J connectivity index is 2.32. The first kappa shape index (κ1) is 14.1. The summed E-state index contributed by atoms with van der Waals surface area (Å²) < 4.78 is 5.93. The second kappa shape index (κ2) is 5.74. The van der Waals surface area contributed by atoms with E-state index in [2.05, 4.69) is 31.0 Å². The molecule has 104 valence electrons. The van der Waals surface area contributed by atoms with Crippen LogP contribution < -0.4 is 0 Å². The minimum atomic E-state index is -0.484. The minimum absolute atomic E-state index is 0.0893. The summed E-state index contributed by atoms with van der Waals surface area (Å²) in [7, 11) is 2.09. The van der Waals surface area contributed by atoms with Crippen LogP contribution in [0.25, 0.3) is 0 Å². The Hall–Kier alpha value is -1.35. The van der Waals surface area contributed by atoms with Gasteiger partial charge in [0.15, 0.2) is 5.60 Å². The van der Waals surface area contributed by atoms with Crippen molar-refractivity contribution in [1.82, 2.24) is 4.90 Å². The summed E-state index contributed by atoms with van der Waals surface area (Å²) in [5.74, 6) is -0.0893. The Bertz CT molecular complexity index is 432. The SMILES string of the molecule is CCCC(=O)O[C@]1(c2ccccc2)CCN(C)[C@@H]1C. The molecule has 1 fully saturated rings. The lowest BCUT2D eigenvalue weighted by atomic mass is 9.87. The number of carbonyl (C=O) groups is 1. The Morgan fingerprint density at radius 1 is 1.42 bits per heavy atom. The van der Waals surface area contributed by atoms with E-state index in [1.54, 1.807) is 0 Å². The van der Waals surface area contributed by atoms with Crippen molar-refractivity contribution < 1.29 is 9.53 Å². The van der Waals surface area contributed by atoms with Crippen LogP contribution in [0.4, 0.5) is 0 Å². The van der Waals surface area contributed by atoms with E-state index in [9.17, 15) is 4.79 Å². The van der Waals surface area contributed by atoms with Crippen LogP contribution in [0.2, 0.25) is 0 Å². The fourth-order valence-electron chi connectivity index (χ4n) is 2.86. The van der Waals surface area contributed by atoms with Gasteiger partial charge in [-0.05, 0) is 26.0 Å². The first-order chi connectivity index (χ1) is 9.10. The van der Waals surface area contributed by atoms with Crippen LogP contribution in [0.5, 0.6) is 0 Å². The molecule has 1 aliphatic heterocycles. The first-order valence-electron chi connectivity index (χ1n) is 7.07. The van der Waals surface area contributed by atoms with Gasteiger partial charge in [0.25, 0.3) is 0 Å². The van der Waals surface area contributed by atoms with Gasteiger partial charge in [-0.15, -0.1) is 0 Å². The van der Waals surface area contributed by atoms with E-state index in [1.165, 1.54) is 0 Å². The molecule has 0 aromatic heterocycles. The molecular weight excluding hydrogens is 238 g/mol. The van der Waals surface area contributed by atoms with E-state index >= 15 is 0 Å². The van der Waals surface area contributed by atoms with E-state index in [-0.39, 0.29) is 12.0 Å². The van der Waals surface area contributed by atoms with Gasteiger partial charge in [-0.2, -0.15) is 0 Å². The second-order valence-corrected chi connectivity index (χ2v) is 5.39. The maximum atomic E-state index is 12.0. The van der Waals surface area contributed by atoms with Crippen molar-refractivity contribution in [3.8, 4) is 0 Å². The molecule has 1 heterocycles. The van der Waals surface area contributed by atoms with Crippen LogP contribution in [0.1, 0.15) is 38.7 Å². The molecule has 0 spiro atoms. The number of hydrogen-bond acceptors (Lipinski definition) is 3. The van der Waals surface area contributed by atoms with E-state index in [1.807, 2.05) is 25.1 Å². The molecule has 3 heteroatoms. The van der Waals surface area contributed by atoms with E-state index in [0.29, 0.717) is 6.42 Å².